The summed E-state index contributed by atoms with van der Waals surface area (Å²) in [4.78, 5) is 12.4. The first-order valence-corrected chi connectivity index (χ1v) is 15.0. The number of fused-ring (bicyclic) bond motifs is 3. The molecule has 0 saturated carbocycles. The van der Waals surface area contributed by atoms with Gasteiger partial charge in [0.1, 0.15) is 17.1 Å². The van der Waals surface area contributed by atoms with E-state index in [2.05, 4.69) is 107 Å². The van der Waals surface area contributed by atoms with E-state index in [9.17, 15) is 4.79 Å². The largest absolute Gasteiger partial charge is 0.487 e. The fourth-order valence-corrected chi connectivity index (χ4v) is 6.34. The number of hydrogen-bond acceptors (Lipinski definition) is 3. The van der Waals surface area contributed by atoms with Gasteiger partial charge < -0.3 is 9.47 Å². The van der Waals surface area contributed by atoms with Crippen molar-refractivity contribution in [3.63, 3.8) is 0 Å². The van der Waals surface area contributed by atoms with Crippen LogP contribution in [0.15, 0.2) is 84.9 Å². The quantitative estimate of drug-likeness (QED) is 0.136. The first-order chi connectivity index (χ1) is 19.6. The van der Waals surface area contributed by atoms with Crippen LogP contribution in [0.4, 0.5) is 0 Å². The summed E-state index contributed by atoms with van der Waals surface area (Å²) in [5.41, 5.74) is 8.69. The van der Waals surface area contributed by atoms with Crippen molar-refractivity contribution in [2.75, 3.05) is 0 Å². The third-order valence-corrected chi connectivity index (χ3v) is 8.73. The van der Waals surface area contributed by atoms with Gasteiger partial charge in [0.2, 0.25) is 0 Å². The Morgan fingerprint density at radius 2 is 1.29 bits per heavy atom. The molecule has 212 valence electrons. The van der Waals surface area contributed by atoms with Crippen molar-refractivity contribution in [1.82, 2.24) is 0 Å². The Labute approximate surface area is 245 Å². The standard InChI is InChI=1S/C38H42O3/c1-8-22-37(7,9-2)41-35-21-19-29(24-27(35)6)38(28-18-20-34(26(5)23-28)40-36(39)25(3)4)32-16-12-10-14-30(32)31-15-11-13-17-33(31)38/h10-21,23-25H,8-9,22H2,1-7H3. The molecule has 0 heterocycles. The fraction of sp³-hybridized carbons (Fsp3) is 0.342. The van der Waals surface area contributed by atoms with E-state index in [0.717, 1.165) is 41.7 Å². The molecule has 0 aliphatic heterocycles. The van der Waals surface area contributed by atoms with E-state index in [1.54, 1.807) is 0 Å². The van der Waals surface area contributed by atoms with Gasteiger partial charge in [0.15, 0.2) is 0 Å². The van der Waals surface area contributed by atoms with E-state index in [1.165, 1.54) is 27.8 Å². The summed E-state index contributed by atoms with van der Waals surface area (Å²) in [6.45, 7) is 14.5. The molecule has 4 aromatic rings. The van der Waals surface area contributed by atoms with Gasteiger partial charge in [-0.2, -0.15) is 0 Å². The topological polar surface area (TPSA) is 35.5 Å². The number of rotatable bonds is 9. The number of esters is 1. The van der Waals surface area contributed by atoms with Crippen molar-refractivity contribution in [3.8, 4) is 22.6 Å². The summed E-state index contributed by atoms with van der Waals surface area (Å²) in [5, 5.41) is 0. The lowest BCUT2D eigenvalue weighted by Gasteiger charge is -2.35. The lowest BCUT2D eigenvalue weighted by atomic mass is 9.67. The van der Waals surface area contributed by atoms with E-state index < -0.39 is 5.41 Å². The lowest BCUT2D eigenvalue weighted by molar-refractivity contribution is -0.137. The molecular formula is C38H42O3. The van der Waals surface area contributed by atoms with Crippen LogP contribution in [0, 0.1) is 19.8 Å². The summed E-state index contributed by atoms with van der Waals surface area (Å²) < 4.78 is 12.4. The summed E-state index contributed by atoms with van der Waals surface area (Å²) >= 11 is 0. The van der Waals surface area contributed by atoms with Crippen LogP contribution in [0.25, 0.3) is 11.1 Å². The highest BCUT2D eigenvalue weighted by Gasteiger charge is 2.46. The molecular weight excluding hydrogens is 504 g/mol. The monoisotopic (exact) mass is 546 g/mol. The molecule has 0 radical (unpaired) electrons. The summed E-state index contributed by atoms with van der Waals surface area (Å²) in [6.07, 6.45) is 3.06. The number of benzene rings is 4. The third-order valence-electron chi connectivity index (χ3n) is 8.73. The number of carbonyl (C=O) groups is 1. The number of carbonyl (C=O) groups excluding carboxylic acids is 1. The smallest absolute Gasteiger partial charge is 0.313 e. The van der Waals surface area contributed by atoms with Crippen LogP contribution in [0.1, 0.15) is 87.3 Å². The Morgan fingerprint density at radius 1 is 0.780 bits per heavy atom. The number of ether oxygens (including phenoxy) is 2. The summed E-state index contributed by atoms with van der Waals surface area (Å²) in [6, 6.07) is 30.4. The van der Waals surface area contributed by atoms with Crippen LogP contribution in [0.3, 0.4) is 0 Å². The van der Waals surface area contributed by atoms with Crippen molar-refractivity contribution in [3.05, 3.63) is 118 Å². The molecule has 1 atom stereocenters. The molecule has 1 unspecified atom stereocenters. The molecule has 1 aliphatic rings. The predicted octanol–water partition coefficient (Wildman–Crippen LogP) is 9.58. The highest BCUT2D eigenvalue weighted by Crippen LogP contribution is 2.56. The Morgan fingerprint density at radius 3 is 1.76 bits per heavy atom. The SMILES string of the molecule is CCCC(C)(CC)Oc1ccc(C2(c3ccc(OC(=O)C(C)C)c(C)c3)c3ccccc3-c3ccccc32)cc1C. The zero-order chi connectivity index (χ0) is 29.4. The Bertz CT molecular complexity index is 1530. The van der Waals surface area contributed by atoms with Gasteiger partial charge in [0.05, 0.1) is 11.3 Å². The first kappa shape index (κ1) is 28.7. The van der Waals surface area contributed by atoms with Gasteiger partial charge in [-0.3, -0.25) is 4.79 Å². The van der Waals surface area contributed by atoms with Crippen LogP contribution < -0.4 is 9.47 Å². The van der Waals surface area contributed by atoms with Crippen LogP contribution >= 0.6 is 0 Å². The number of aryl methyl sites for hydroxylation is 2. The zero-order valence-corrected chi connectivity index (χ0v) is 25.5. The lowest BCUT2D eigenvalue weighted by Crippen LogP contribution is -2.32. The van der Waals surface area contributed by atoms with E-state index in [4.69, 9.17) is 9.47 Å². The van der Waals surface area contributed by atoms with Gasteiger partial charge in [-0.1, -0.05) is 107 Å². The highest BCUT2D eigenvalue weighted by molar-refractivity contribution is 5.86. The van der Waals surface area contributed by atoms with E-state index in [-0.39, 0.29) is 17.5 Å². The van der Waals surface area contributed by atoms with Gasteiger partial charge in [-0.05, 0) is 90.3 Å². The van der Waals surface area contributed by atoms with Gasteiger partial charge >= 0.3 is 5.97 Å². The van der Waals surface area contributed by atoms with Crippen LogP contribution in [-0.2, 0) is 10.2 Å². The molecule has 3 nitrogen and oxygen atoms in total. The minimum absolute atomic E-state index is 0.189. The van der Waals surface area contributed by atoms with E-state index in [1.807, 2.05) is 26.8 Å². The van der Waals surface area contributed by atoms with E-state index in [0.29, 0.717) is 5.75 Å². The van der Waals surface area contributed by atoms with E-state index >= 15 is 0 Å². The average Bonchev–Trinajstić information content (AvgIpc) is 3.26. The van der Waals surface area contributed by atoms with Crippen LogP contribution in [-0.4, -0.2) is 11.6 Å². The molecule has 4 aromatic carbocycles. The molecule has 0 saturated heterocycles. The average molecular weight is 547 g/mol. The second kappa shape index (κ2) is 11.2. The minimum atomic E-state index is -0.528. The van der Waals surface area contributed by atoms with Crippen molar-refractivity contribution < 1.29 is 14.3 Å². The molecule has 0 spiro atoms. The van der Waals surface area contributed by atoms with Gasteiger partial charge in [0, 0.05) is 0 Å². The predicted molar refractivity (Wildman–Crippen MR) is 168 cm³/mol. The normalized spacial score (nSPS) is 14.7. The van der Waals surface area contributed by atoms with Crippen molar-refractivity contribution >= 4 is 5.97 Å². The van der Waals surface area contributed by atoms with Gasteiger partial charge in [-0.25, -0.2) is 0 Å². The molecule has 0 aromatic heterocycles. The highest BCUT2D eigenvalue weighted by atomic mass is 16.5. The Hall–Kier alpha value is -3.85. The second-order valence-corrected chi connectivity index (χ2v) is 12.0. The van der Waals surface area contributed by atoms with Gasteiger partial charge in [-0.15, -0.1) is 0 Å². The second-order valence-electron chi connectivity index (χ2n) is 12.0. The van der Waals surface area contributed by atoms with Crippen molar-refractivity contribution in [1.29, 1.82) is 0 Å². The first-order valence-electron chi connectivity index (χ1n) is 15.0. The molecule has 5 rings (SSSR count). The maximum absolute atomic E-state index is 12.4. The Kier molecular flexibility index (Phi) is 7.83. The Balaban J connectivity index is 1.72. The third kappa shape index (κ3) is 4.96. The minimum Gasteiger partial charge on any atom is -0.487 e. The van der Waals surface area contributed by atoms with Crippen LogP contribution in [0.2, 0.25) is 0 Å². The summed E-state index contributed by atoms with van der Waals surface area (Å²) in [5.74, 6) is 1.13. The molecule has 3 heteroatoms. The van der Waals surface area contributed by atoms with Crippen molar-refractivity contribution in [2.45, 2.75) is 78.7 Å². The maximum atomic E-state index is 12.4. The fourth-order valence-electron chi connectivity index (χ4n) is 6.34. The molecule has 0 amide bonds. The molecule has 0 fully saturated rings. The molecule has 1 aliphatic carbocycles. The molecule has 0 N–H and O–H groups in total. The molecule has 0 bridgehead atoms. The van der Waals surface area contributed by atoms with Crippen LogP contribution in [0.5, 0.6) is 11.5 Å². The van der Waals surface area contributed by atoms with Gasteiger partial charge in [0.25, 0.3) is 0 Å². The summed E-state index contributed by atoms with van der Waals surface area (Å²) in [7, 11) is 0. The molecule has 41 heavy (non-hydrogen) atoms. The number of hydrogen-bond donors (Lipinski definition) is 0. The zero-order valence-electron chi connectivity index (χ0n) is 25.5. The van der Waals surface area contributed by atoms with Crippen molar-refractivity contribution in [2.24, 2.45) is 5.92 Å². The maximum Gasteiger partial charge on any atom is 0.313 e.